The van der Waals surface area contributed by atoms with Crippen molar-refractivity contribution < 1.29 is 20.1 Å². The molecule has 3 aromatic heterocycles. The van der Waals surface area contributed by atoms with Gasteiger partial charge in [-0.1, -0.05) is 6.92 Å². The van der Waals surface area contributed by atoms with E-state index in [1.54, 1.807) is 33.0 Å². The lowest BCUT2D eigenvalue weighted by Gasteiger charge is -2.14. The zero-order valence-electron chi connectivity index (χ0n) is 18.2. The quantitative estimate of drug-likeness (QED) is 0.648. The summed E-state index contributed by atoms with van der Waals surface area (Å²) in [7, 11) is 1.56. The second-order valence-corrected chi connectivity index (χ2v) is 7.74. The first-order chi connectivity index (χ1) is 14.9. The molecular weight excluding hydrogens is 406 g/mol. The summed E-state index contributed by atoms with van der Waals surface area (Å²) in [5, 5.41) is 13.1. The molecule has 0 spiro atoms. The number of alkyl halides is 2. The van der Waals surface area contributed by atoms with Crippen LogP contribution in [0.5, 0.6) is 0 Å². The Morgan fingerprint density at radius 1 is 1.35 bits per heavy atom. The van der Waals surface area contributed by atoms with E-state index in [-0.39, 0.29) is 23.5 Å². The number of anilines is 1. The molecule has 0 unspecified atom stereocenters. The number of carbonyl (C=O) groups excluding carboxylic acids is 1. The van der Waals surface area contributed by atoms with Crippen LogP contribution in [-0.2, 0) is 11.8 Å². The third-order valence-electron chi connectivity index (χ3n) is 5.53. The molecule has 0 aromatic carbocycles. The van der Waals surface area contributed by atoms with Gasteiger partial charge in [0.25, 0.3) is 11.5 Å². The Morgan fingerprint density at radius 3 is 2.68 bits per heavy atom. The molecule has 2 atom stereocenters. The van der Waals surface area contributed by atoms with Gasteiger partial charge in [0.05, 0.1) is 18.7 Å². The fourth-order valence-corrected chi connectivity index (χ4v) is 3.51. The number of aryl methyl sites for hydroxylation is 2. The lowest BCUT2D eigenvalue weighted by molar-refractivity contribution is -0.119. The SMILES string of the molecule is [2H][C@](O)(CC)c1cc(C)c(-c2cc3cnc(NC(=O)[C@@H]4CC4(F)F)cc3n(C)c2=O)cn1. The monoisotopic (exact) mass is 429 g/mol. The van der Waals surface area contributed by atoms with Gasteiger partial charge in [-0.15, -0.1) is 0 Å². The maximum absolute atomic E-state index is 13.1. The average Bonchev–Trinajstić information content (AvgIpc) is 3.39. The number of nitrogens with zero attached hydrogens (tertiary/aromatic N) is 3. The Morgan fingerprint density at radius 2 is 2.06 bits per heavy atom. The predicted octanol–water partition coefficient (Wildman–Crippen LogP) is 3.34. The number of nitrogens with one attached hydrogen (secondary N) is 1. The minimum Gasteiger partial charge on any atom is -0.387 e. The summed E-state index contributed by atoms with van der Waals surface area (Å²) in [6.45, 7) is 3.44. The molecule has 0 saturated heterocycles. The van der Waals surface area contributed by atoms with Gasteiger partial charge in [-0.05, 0) is 31.0 Å². The van der Waals surface area contributed by atoms with Gasteiger partial charge < -0.3 is 15.0 Å². The topological polar surface area (TPSA) is 97.1 Å². The molecule has 9 heteroatoms. The van der Waals surface area contributed by atoms with Crippen molar-refractivity contribution in [3.8, 4) is 11.1 Å². The molecule has 1 fully saturated rings. The van der Waals surface area contributed by atoms with Crippen molar-refractivity contribution in [2.45, 2.75) is 38.7 Å². The van der Waals surface area contributed by atoms with Crippen LogP contribution in [-0.4, -0.2) is 31.5 Å². The molecule has 1 amide bonds. The fraction of sp³-hybridized carbons (Fsp3) is 0.364. The second kappa shape index (κ2) is 7.49. The Kier molecular flexibility index (Phi) is 4.77. The zero-order chi connectivity index (χ0) is 23.4. The summed E-state index contributed by atoms with van der Waals surface area (Å²) in [5.74, 6) is -5.04. The first kappa shape index (κ1) is 19.7. The van der Waals surface area contributed by atoms with E-state index >= 15 is 0 Å². The number of amides is 1. The van der Waals surface area contributed by atoms with Crippen LogP contribution < -0.4 is 10.9 Å². The highest BCUT2D eigenvalue weighted by Crippen LogP contribution is 2.49. The molecule has 7 nitrogen and oxygen atoms in total. The van der Waals surface area contributed by atoms with Crippen LogP contribution in [0.4, 0.5) is 14.6 Å². The lowest BCUT2D eigenvalue weighted by Crippen LogP contribution is -2.21. The number of rotatable bonds is 5. The minimum absolute atomic E-state index is 0.0875. The van der Waals surface area contributed by atoms with E-state index in [2.05, 4.69) is 15.3 Å². The Balaban J connectivity index is 1.71. The van der Waals surface area contributed by atoms with Gasteiger partial charge in [0, 0.05) is 48.4 Å². The average molecular weight is 429 g/mol. The number of halogens is 2. The third kappa shape index (κ3) is 3.81. The van der Waals surface area contributed by atoms with Crippen molar-refractivity contribution >= 4 is 22.6 Å². The third-order valence-corrected chi connectivity index (χ3v) is 5.53. The number of carbonyl (C=O) groups is 1. The maximum atomic E-state index is 13.1. The lowest BCUT2D eigenvalue weighted by atomic mass is 10.0. The van der Waals surface area contributed by atoms with E-state index in [9.17, 15) is 23.5 Å². The first-order valence-electron chi connectivity index (χ1n) is 10.3. The van der Waals surface area contributed by atoms with Gasteiger partial charge in [-0.2, -0.15) is 0 Å². The molecule has 162 valence electrons. The van der Waals surface area contributed by atoms with Gasteiger partial charge in [-0.3, -0.25) is 14.6 Å². The standard InChI is InChI=1S/C22H22F2N4O3/c1-4-18(29)16-5-11(2)14(10-25-16)13-6-12-9-26-19(7-17(12)28(3)21(13)31)27-20(30)15-8-22(15,23)24/h5-7,9-10,15,18,29H,4,8H2,1-3H3,(H,26,27,30)/t15-,18-/m0/s1/i18D. The summed E-state index contributed by atoms with van der Waals surface area (Å²) in [5.41, 5.74) is 1.92. The van der Waals surface area contributed by atoms with Crippen molar-refractivity contribution in [3.63, 3.8) is 0 Å². The zero-order valence-corrected chi connectivity index (χ0v) is 17.2. The largest absolute Gasteiger partial charge is 0.387 e. The normalized spacial score (nSPS) is 19.5. The van der Waals surface area contributed by atoms with Crippen molar-refractivity contribution in [1.82, 2.24) is 14.5 Å². The summed E-state index contributed by atoms with van der Waals surface area (Å²) >= 11 is 0. The Bertz CT molecular complexity index is 1310. The van der Waals surface area contributed by atoms with Crippen LogP contribution in [0.25, 0.3) is 22.0 Å². The number of aromatic nitrogens is 3. The number of fused-ring (bicyclic) bond motifs is 1. The number of hydrogen-bond acceptors (Lipinski definition) is 5. The highest BCUT2D eigenvalue weighted by atomic mass is 19.3. The number of hydrogen-bond donors (Lipinski definition) is 2. The maximum Gasteiger partial charge on any atom is 0.260 e. The smallest absolute Gasteiger partial charge is 0.260 e. The highest BCUT2D eigenvalue weighted by molar-refractivity contribution is 5.96. The molecule has 3 aromatic rings. The van der Waals surface area contributed by atoms with Gasteiger partial charge in [-0.25, -0.2) is 13.8 Å². The molecule has 0 bridgehead atoms. The molecule has 1 aliphatic carbocycles. The van der Waals surface area contributed by atoms with Crippen LogP contribution in [0.1, 0.15) is 38.5 Å². The van der Waals surface area contributed by atoms with Crippen molar-refractivity contribution in [3.05, 3.63) is 52.2 Å². The molecule has 0 aliphatic heterocycles. The summed E-state index contributed by atoms with van der Waals surface area (Å²) in [6.07, 6.45) is 0.790. The van der Waals surface area contributed by atoms with Crippen molar-refractivity contribution in [2.75, 3.05) is 5.32 Å². The predicted molar refractivity (Wildman–Crippen MR) is 112 cm³/mol. The van der Waals surface area contributed by atoms with E-state index in [1.165, 1.54) is 23.0 Å². The molecule has 31 heavy (non-hydrogen) atoms. The molecule has 0 radical (unpaired) electrons. The van der Waals surface area contributed by atoms with E-state index < -0.39 is 30.2 Å². The van der Waals surface area contributed by atoms with Crippen LogP contribution in [0.3, 0.4) is 0 Å². The summed E-state index contributed by atoms with van der Waals surface area (Å²) in [6, 6.07) is 4.69. The molecule has 3 heterocycles. The molecule has 2 N–H and O–H groups in total. The van der Waals surface area contributed by atoms with Crippen LogP contribution in [0.2, 0.25) is 0 Å². The van der Waals surface area contributed by atoms with Crippen LogP contribution >= 0.6 is 0 Å². The van der Waals surface area contributed by atoms with E-state index in [0.717, 1.165) is 0 Å². The van der Waals surface area contributed by atoms with Gasteiger partial charge in [0.1, 0.15) is 11.7 Å². The van der Waals surface area contributed by atoms with Gasteiger partial charge in [0.2, 0.25) is 5.91 Å². The molecule has 1 aliphatic rings. The number of pyridine rings is 3. The van der Waals surface area contributed by atoms with Crippen molar-refractivity contribution in [2.24, 2.45) is 13.0 Å². The molecule has 1 saturated carbocycles. The molecule has 4 rings (SSSR count). The second-order valence-electron chi connectivity index (χ2n) is 7.74. The van der Waals surface area contributed by atoms with Crippen LogP contribution in [0, 0.1) is 12.8 Å². The summed E-state index contributed by atoms with van der Waals surface area (Å²) < 4.78 is 35.5. The van der Waals surface area contributed by atoms with E-state index in [0.29, 0.717) is 27.6 Å². The first-order valence-corrected chi connectivity index (χ1v) is 9.83. The Hall–Kier alpha value is -3.20. The number of aliphatic hydroxyl groups is 1. The van der Waals surface area contributed by atoms with Gasteiger partial charge >= 0.3 is 0 Å². The van der Waals surface area contributed by atoms with E-state index in [1.807, 2.05) is 0 Å². The van der Waals surface area contributed by atoms with Crippen molar-refractivity contribution in [1.29, 1.82) is 0 Å². The minimum atomic E-state index is -2.98. The van der Waals surface area contributed by atoms with E-state index in [4.69, 9.17) is 1.37 Å². The molecular formula is C22H22F2N4O3. The highest BCUT2D eigenvalue weighted by Gasteiger charge is 2.61. The Labute approximate surface area is 178 Å². The van der Waals surface area contributed by atoms with Crippen LogP contribution in [0.15, 0.2) is 35.4 Å². The fourth-order valence-electron chi connectivity index (χ4n) is 3.51. The van der Waals surface area contributed by atoms with Gasteiger partial charge in [0.15, 0.2) is 0 Å². The summed E-state index contributed by atoms with van der Waals surface area (Å²) in [4.78, 5) is 33.3.